The van der Waals surface area contributed by atoms with E-state index in [2.05, 4.69) is 5.32 Å². The maximum Gasteiger partial charge on any atom is 0.318 e. The first kappa shape index (κ1) is 17.3. The van der Waals surface area contributed by atoms with Gasteiger partial charge in [-0.05, 0) is 25.7 Å². The molecule has 0 aliphatic heterocycles. The summed E-state index contributed by atoms with van der Waals surface area (Å²) in [5, 5.41) is 11.8. The largest absolute Gasteiger partial charge is 0.481 e. The molecule has 0 spiro atoms. The quantitative estimate of drug-likeness (QED) is 0.757. The average molecular weight is 299 g/mol. The summed E-state index contributed by atoms with van der Waals surface area (Å²) in [4.78, 5) is 37.8. The van der Waals surface area contributed by atoms with Crippen LogP contribution >= 0.6 is 0 Å². The van der Waals surface area contributed by atoms with Crippen LogP contribution in [0.15, 0.2) is 0 Å². The van der Waals surface area contributed by atoms with Gasteiger partial charge in [0, 0.05) is 26.7 Å². The van der Waals surface area contributed by atoms with Crippen LogP contribution in [0.1, 0.15) is 32.6 Å². The van der Waals surface area contributed by atoms with E-state index in [9.17, 15) is 14.4 Å². The minimum atomic E-state index is -0.806. The van der Waals surface area contributed by atoms with Crippen molar-refractivity contribution in [2.24, 2.45) is 5.92 Å². The van der Waals surface area contributed by atoms with Gasteiger partial charge in [-0.15, -0.1) is 0 Å². The zero-order chi connectivity index (χ0) is 16.0. The van der Waals surface area contributed by atoms with Crippen molar-refractivity contribution in [1.82, 2.24) is 15.1 Å². The van der Waals surface area contributed by atoms with Crippen molar-refractivity contribution in [1.29, 1.82) is 0 Å². The van der Waals surface area contributed by atoms with E-state index in [1.165, 1.54) is 9.80 Å². The van der Waals surface area contributed by atoms with Crippen LogP contribution in [0, 0.1) is 5.92 Å². The minimum Gasteiger partial charge on any atom is -0.481 e. The van der Waals surface area contributed by atoms with E-state index in [1.54, 1.807) is 14.1 Å². The van der Waals surface area contributed by atoms with Gasteiger partial charge in [-0.25, -0.2) is 4.79 Å². The molecule has 7 heteroatoms. The van der Waals surface area contributed by atoms with Gasteiger partial charge in [-0.3, -0.25) is 9.59 Å². The van der Waals surface area contributed by atoms with E-state index in [0.717, 1.165) is 6.42 Å². The molecule has 120 valence electrons. The lowest BCUT2D eigenvalue weighted by Gasteiger charge is -2.25. The van der Waals surface area contributed by atoms with Crippen LogP contribution in [0.25, 0.3) is 0 Å². The normalized spacial score (nSPS) is 20.9. The van der Waals surface area contributed by atoms with E-state index in [0.29, 0.717) is 25.8 Å². The Labute approximate surface area is 125 Å². The lowest BCUT2D eigenvalue weighted by atomic mass is 10.1. The second kappa shape index (κ2) is 7.85. The summed E-state index contributed by atoms with van der Waals surface area (Å²) in [5.74, 6) is -1.31. The molecular weight excluding hydrogens is 274 g/mol. The van der Waals surface area contributed by atoms with Gasteiger partial charge in [0.2, 0.25) is 5.91 Å². The molecule has 0 aromatic carbocycles. The Bertz CT molecular complexity index is 398. The highest BCUT2D eigenvalue weighted by atomic mass is 16.4. The number of hydrogen-bond acceptors (Lipinski definition) is 3. The Kier molecular flexibility index (Phi) is 6.45. The Morgan fingerprint density at radius 3 is 2.38 bits per heavy atom. The molecule has 3 amide bonds. The summed E-state index contributed by atoms with van der Waals surface area (Å²) >= 11 is 0. The number of nitrogens with zero attached hydrogens (tertiary/aromatic N) is 2. The second-order valence-corrected chi connectivity index (χ2v) is 5.70. The van der Waals surface area contributed by atoms with Crippen LogP contribution in [0.2, 0.25) is 0 Å². The van der Waals surface area contributed by atoms with E-state index in [-0.39, 0.29) is 30.4 Å². The lowest BCUT2D eigenvalue weighted by Crippen LogP contribution is -2.48. The van der Waals surface area contributed by atoms with Gasteiger partial charge in [-0.2, -0.15) is 0 Å². The van der Waals surface area contributed by atoms with Crippen molar-refractivity contribution >= 4 is 17.9 Å². The molecule has 2 N–H and O–H groups in total. The van der Waals surface area contributed by atoms with Crippen LogP contribution < -0.4 is 5.32 Å². The lowest BCUT2D eigenvalue weighted by molar-refractivity contribution is -0.141. The standard InChI is InChI=1S/C14H25N3O4/c1-4-7-17(9-12(18)16(2)3)14(21)15-11-6-5-10(8-11)13(19)20/h10-11H,4-9H2,1-3H3,(H,15,21)(H,19,20)/t10-,11+/m1/s1. The number of hydrogen-bond donors (Lipinski definition) is 2. The van der Waals surface area contributed by atoms with E-state index < -0.39 is 5.97 Å². The molecule has 0 radical (unpaired) electrons. The summed E-state index contributed by atoms with van der Waals surface area (Å²) in [6.07, 6.45) is 2.48. The van der Waals surface area contributed by atoms with Crippen molar-refractivity contribution in [3.05, 3.63) is 0 Å². The van der Waals surface area contributed by atoms with Gasteiger partial charge in [-0.1, -0.05) is 6.92 Å². The minimum absolute atomic E-state index is 0.0434. The van der Waals surface area contributed by atoms with Crippen LogP contribution in [0.4, 0.5) is 4.79 Å². The highest BCUT2D eigenvalue weighted by Gasteiger charge is 2.31. The Morgan fingerprint density at radius 2 is 1.90 bits per heavy atom. The van der Waals surface area contributed by atoms with Gasteiger partial charge >= 0.3 is 12.0 Å². The fraction of sp³-hybridized carbons (Fsp3) is 0.786. The number of rotatable bonds is 6. The number of aliphatic carboxylic acids is 1. The van der Waals surface area contributed by atoms with E-state index in [4.69, 9.17) is 5.11 Å². The van der Waals surface area contributed by atoms with Crippen LogP contribution in [-0.2, 0) is 9.59 Å². The van der Waals surface area contributed by atoms with Crippen LogP contribution in [0.5, 0.6) is 0 Å². The van der Waals surface area contributed by atoms with Gasteiger partial charge in [0.05, 0.1) is 5.92 Å². The number of carbonyl (C=O) groups is 3. The van der Waals surface area contributed by atoms with Crippen molar-refractivity contribution in [3.63, 3.8) is 0 Å². The first-order valence-electron chi connectivity index (χ1n) is 7.33. The third-order valence-corrected chi connectivity index (χ3v) is 3.72. The molecule has 0 bridgehead atoms. The number of carboxylic acids is 1. The molecular formula is C14H25N3O4. The number of likely N-dealkylation sites (N-methyl/N-ethyl adjacent to an activating group) is 1. The van der Waals surface area contributed by atoms with E-state index >= 15 is 0 Å². The maximum atomic E-state index is 12.2. The summed E-state index contributed by atoms with van der Waals surface area (Å²) < 4.78 is 0. The predicted octanol–water partition coefficient (Wildman–Crippen LogP) is 0.750. The second-order valence-electron chi connectivity index (χ2n) is 5.70. The molecule has 1 aliphatic carbocycles. The Hall–Kier alpha value is -1.79. The van der Waals surface area contributed by atoms with Crippen LogP contribution in [0.3, 0.4) is 0 Å². The first-order chi connectivity index (χ1) is 9.85. The molecule has 21 heavy (non-hydrogen) atoms. The number of carbonyl (C=O) groups excluding carboxylic acids is 2. The molecule has 1 fully saturated rings. The molecule has 7 nitrogen and oxygen atoms in total. The number of urea groups is 1. The van der Waals surface area contributed by atoms with Gasteiger partial charge < -0.3 is 20.2 Å². The summed E-state index contributed by atoms with van der Waals surface area (Å²) in [7, 11) is 3.30. The number of nitrogens with one attached hydrogen (secondary N) is 1. The van der Waals surface area contributed by atoms with Gasteiger partial charge in [0.15, 0.2) is 0 Å². The Balaban J connectivity index is 2.53. The summed E-state index contributed by atoms with van der Waals surface area (Å²) in [6.45, 7) is 2.48. The zero-order valence-corrected chi connectivity index (χ0v) is 13.0. The molecule has 0 heterocycles. The van der Waals surface area contributed by atoms with Crippen molar-refractivity contribution in [2.75, 3.05) is 27.2 Å². The number of carboxylic acid groups (broad SMARTS) is 1. The molecule has 0 saturated heterocycles. The summed E-state index contributed by atoms with van der Waals surface area (Å²) in [5.41, 5.74) is 0. The fourth-order valence-corrected chi connectivity index (χ4v) is 2.43. The third kappa shape index (κ3) is 5.24. The smallest absolute Gasteiger partial charge is 0.318 e. The van der Waals surface area contributed by atoms with E-state index in [1.807, 2.05) is 6.92 Å². The van der Waals surface area contributed by atoms with Crippen LogP contribution in [-0.4, -0.2) is 66.0 Å². The molecule has 0 aromatic rings. The average Bonchev–Trinajstić information content (AvgIpc) is 2.86. The molecule has 0 unspecified atom stereocenters. The molecule has 1 aliphatic rings. The molecule has 1 rings (SSSR count). The zero-order valence-electron chi connectivity index (χ0n) is 13.0. The SMILES string of the molecule is CCCN(CC(=O)N(C)C)C(=O)N[C@H]1CC[C@@H](C(=O)O)C1. The maximum absolute atomic E-state index is 12.2. The van der Waals surface area contributed by atoms with Crippen molar-refractivity contribution < 1.29 is 19.5 Å². The van der Waals surface area contributed by atoms with Gasteiger partial charge in [0.25, 0.3) is 0 Å². The molecule has 1 saturated carbocycles. The third-order valence-electron chi connectivity index (χ3n) is 3.72. The highest BCUT2D eigenvalue weighted by Crippen LogP contribution is 2.25. The highest BCUT2D eigenvalue weighted by molar-refractivity contribution is 5.84. The molecule has 2 atom stereocenters. The fourth-order valence-electron chi connectivity index (χ4n) is 2.43. The Morgan fingerprint density at radius 1 is 1.24 bits per heavy atom. The predicted molar refractivity (Wildman–Crippen MR) is 77.9 cm³/mol. The monoisotopic (exact) mass is 299 g/mol. The topological polar surface area (TPSA) is 90.0 Å². The van der Waals surface area contributed by atoms with Crippen molar-refractivity contribution in [2.45, 2.75) is 38.6 Å². The molecule has 0 aromatic heterocycles. The van der Waals surface area contributed by atoms with Crippen molar-refractivity contribution in [3.8, 4) is 0 Å². The first-order valence-corrected chi connectivity index (χ1v) is 7.33. The van der Waals surface area contributed by atoms with Gasteiger partial charge in [0.1, 0.15) is 6.54 Å². The summed E-state index contributed by atoms with van der Waals surface area (Å²) in [6, 6.07) is -0.407. The number of amides is 3.